The lowest BCUT2D eigenvalue weighted by molar-refractivity contribution is -0.144. The molecule has 2 atom stereocenters. The lowest BCUT2D eigenvalue weighted by atomic mass is 9.90. The molecule has 0 bridgehead atoms. The van der Waals surface area contributed by atoms with Crippen LogP contribution >= 0.6 is 0 Å². The van der Waals surface area contributed by atoms with Crippen LogP contribution in [0, 0.1) is 11.8 Å². The molecule has 8 nitrogen and oxygen atoms in total. The number of nitrogens with one attached hydrogen (secondary N) is 2. The van der Waals surface area contributed by atoms with Crippen molar-refractivity contribution in [1.29, 1.82) is 0 Å². The maximum absolute atomic E-state index is 12.5. The van der Waals surface area contributed by atoms with Crippen LogP contribution in [0.2, 0.25) is 0 Å². The van der Waals surface area contributed by atoms with Gasteiger partial charge in [-0.25, -0.2) is 4.79 Å². The minimum absolute atomic E-state index is 0.147. The number of nitrogens with two attached hydrogens (primary N) is 1. The first kappa shape index (κ1) is 22.6. The van der Waals surface area contributed by atoms with Crippen LogP contribution in [0.25, 0.3) is 0 Å². The molecule has 0 saturated heterocycles. The van der Waals surface area contributed by atoms with E-state index in [1.54, 1.807) is 19.9 Å². The molecule has 25 heavy (non-hydrogen) atoms. The van der Waals surface area contributed by atoms with E-state index < -0.39 is 24.0 Å². The van der Waals surface area contributed by atoms with E-state index in [4.69, 9.17) is 5.73 Å². The highest BCUT2D eigenvalue weighted by atomic mass is 16.4. The number of aliphatic carboxylic acids is 1. The summed E-state index contributed by atoms with van der Waals surface area (Å²) in [6.07, 6.45) is 2.82. The maximum Gasteiger partial charge on any atom is 0.312 e. The first-order valence-electron chi connectivity index (χ1n) is 8.38. The van der Waals surface area contributed by atoms with Crippen molar-refractivity contribution in [2.75, 3.05) is 6.54 Å². The second-order valence-corrected chi connectivity index (χ2v) is 6.26. The van der Waals surface area contributed by atoms with Crippen LogP contribution in [-0.4, -0.2) is 41.4 Å². The molecule has 0 spiro atoms. The van der Waals surface area contributed by atoms with E-state index >= 15 is 0 Å². The standard InChI is InChI=1S/C17H29N3O5/c1-4-5-8-14(22)20-15(11(2)3)13(21)10-12(16(23)24)7-6-9-19-17(18)25/h4,11-12,15H,1,5-10H2,2-3H3,(H,20,22)(H,23,24)(H3,18,19,25)/t12-,15+/m1/s1. The molecule has 0 aliphatic rings. The van der Waals surface area contributed by atoms with Gasteiger partial charge in [-0.05, 0) is 25.2 Å². The zero-order valence-electron chi connectivity index (χ0n) is 14.9. The quantitative estimate of drug-likeness (QED) is 0.290. The molecule has 0 heterocycles. The van der Waals surface area contributed by atoms with E-state index in [-0.39, 0.29) is 43.4 Å². The monoisotopic (exact) mass is 355 g/mol. The van der Waals surface area contributed by atoms with Crippen LogP contribution < -0.4 is 16.4 Å². The molecule has 0 aliphatic carbocycles. The van der Waals surface area contributed by atoms with Crippen LogP contribution in [0.5, 0.6) is 0 Å². The Morgan fingerprint density at radius 3 is 2.36 bits per heavy atom. The van der Waals surface area contributed by atoms with Crippen LogP contribution in [0.15, 0.2) is 12.7 Å². The predicted octanol–water partition coefficient (Wildman–Crippen LogP) is 1.20. The van der Waals surface area contributed by atoms with Gasteiger partial charge in [-0.2, -0.15) is 0 Å². The highest BCUT2D eigenvalue weighted by Crippen LogP contribution is 2.16. The molecule has 3 amide bonds. The van der Waals surface area contributed by atoms with Crippen LogP contribution in [0.4, 0.5) is 4.79 Å². The number of carbonyl (C=O) groups excluding carboxylic acids is 3. The highest BCUT2D eigenvalue weighted by Gasteiger charge is 2.28. The SMILES string of the molecule is C=CCCC(=O)N[C@H](C(=O)C[C@@H](CCCNC(N)=O)C(=O)O)C(C)C. The van der Waals surface area contributed by atoms with Crippen molar-refractivity contribution in [3.63, 3.8) is 0 Å². The minimum atomic E-state index is -1.08. The number of hydrogen-bond donors (Lipinski definition) is 4. The molecule has 0 unspecified atom stereocenters. The number of carbonyl (C=O) groups is 4. The average molecular weight is 355 g/mol. The van der Waals surface area contributed by atoms with Gasteiger partial charge in [0.2, 0.25) is 5.91 Å². The molecule has 8 heteroatoms. The Morgan fingerprint density at radius 2 is 1.88 bits per heavy atom. The summed E-state index contributed by atoms with van der Waals surface area (Å²) in [6.45, 7) is 7.38. The summed E-state index contributed by atoms with van der Waals surface area (Å²) in [5.41, 5.74) is 4.94. The Labute approximate surface area is 148 Å². The number of carboxylic acids is 1. The number of primary amides is 1. The first-order chi connectivity index (χ1) is 11.7. The number of carboxylic acid groups (broad SMARTS) is 1. The molecule has 0 aliphatic heterocycles. The fourth-order valence-electron chi connectivity index (χ4n) is 2.34. The Morgan fingerprint density at radius 1 is 1.24 bits per heavy atom. The van der Waals surface area contributed by atoms with Gasteiger partial charge in [-0.15, -0.1) is 6.58 Å². The first-order valence-corrected chi connectivity index (χ1v) is 8.38. The number of urea groups is 1. The van der Waals surface area contributed by atoms with Gasteiger partial charge in [0, 0.05) is 19.4 Å². The van der Waals surface area contributed by atoms with Crippen LogP contribution in [-0.2, 0) is 14.4 Å². The Bertz CT molecular complexity index is 491. The normalized spacial score (nSPS) is 12.9. The number of hydrogen-bond acceptors (Lipinski definition) is 4. The molecular weight excluding hydrogens is 326 g/mol. The Balaban J connectivity index is 4.69. The predicted molar refractivity (Wildman–Crippen MR) is 93.8 cm³/mol. The fraction of sp³-hybridized carbons (Fsp3) is 0.647. The average Bonchev–Trinajstić information content (AvgIpc) is 2.52. The van der Waals surface area contributed by atoms with Gasteiger partial charge in [0.05, 0.1) is 12.0 Å². The second-order valence-electron chi connectivity index (χ2n) is 6.26. The van der Waals surface area contributed by atoms with E-state index in [0.717, 1.165) is 0 Å². The van der Waals surface area contributed by atoms with Crippen molar-refractivity contribution in [1.82, 2.24) is 10.6 Å². The Kier molecular flexibility index (Phi) is 10.9. The summed E-state index contributed by atoms with van der Waals surface area (Å²) in [5.74, 6) is -2.66. The summed E-state index contributed by atoms with van der Waals surface area (Å²) in [5, 5.41) is 14.3. The third kappa shape index (κ3) is 10.2. The number of amides is 3. The summed E-state index contributed by atoms with van der Waals surface area (Å²) in [4.78, 5) is 46.2. The summed E-state index contributed by atoms with van der Waals surface area (Å²) in [7, 11) is 0. The summed E-state index contributed by atoms with van der Waals surface area (Å²) >= 11 is 0. The summed E-state index contributed by atoms with van der Waals surface area (Å²) < 4.78 is 0. The molecule has 0 radical (unpaired) electrons. The molecule has 5 N–H and O–H groups in total. The van der Waals surface area contributed by atoms with Gasteiger partial charge in [-0.1, -0.05) is 19.9 Å². The van der Waals surface area contributed by atoms with Crippen molar-refractivity contribution in [3.05, 3.63) is 12.7 Å². The van der Waals surface area contributed by atoms with Crippen molar-refractivity contribution in [3.8, 4) is 0 Å². The van der Waals surface area contributed by atoms with Crippen LogP contribution in [0.1, 0.15) is 46.0 Å². The van der Waals surface area contributed by atoms with Gasteiger partial charge in [-0.3, -0.25) is 14.4 Å². The van der Waals surface area contributed by atoms with Gasteiger partial charge >= 0.3 is 12.0 Å². The third-order valence-corrected chi connectivity index (χ3v) is 3.73. The lowest BCUT2D eigenvalue weighted by Gasteiger charge is -2.23. The molecule has 0 aromatic carbocycles. The molecule has 0 fully saturated rings. The summed E-state index contributed by atoms with van der Waals surface area (Å²) in [6, 6.07) is -1.40. The van der Waals surface area contributed by atoms with Crippen molar-refractivity contribution >= 4 is 23.7 Å². The fourth-order valence-corrected chi connectivity index (χ4v) is 2.34. The van der Waals surface area contributed by atoms with Gasteiger partial charge in [0.1, 0.15) is 0 Å². The largest absolute Gasteiger partial charge is 0.481 e. The second kappa shape index (κ2) is 12.0. The number of rotatable bonds is 13. The van der Waals surface area contributed by atoms with Gasteiger partial charge < -0.3 is 21.5 Å². The van der Waals surface area contributed by atoms with E-state index in [1.165, 1.54) is 0 Å². The topological polar surface area (TPSA) is 139 Å². The molecule has 0 aromatic rings. The molecule has 142 valence electrons. The van der Waals surface area contributed by atoms with Crippen LogP contribution in [0.3, 0.4) is 0 Å². The lowest BCUT2D eigenvalue weighted by Crippen LogP contribution is -2.45. The van der Waals surface area contributed by atoms with E-state index in [0.29, 0.717) is 12.8 Å². The van der Waals surface area contributed by atoms with Crippen molar-refractivity contribution in [2.45, 2.75) is 52.0 Å². The molecular formula is C17H29N3O5. The highest BCUT2D eigenvalue weighted by molar-refractivity contribution is 5.91. The minimum Gasteiger partial charge on any atom is -0.481 e. The van der Waals surface area contributed by atoms with Crippen molar-refractivity contribution in [2.24, 2.45) is 17.6 Å². The van der Waals surface area contributed by atoms with E-state index in [9.17, 15) is 24.3 Å². The number of allylic oxidation sites excluding steroid dienone is 1. The van der Waals surface area contributed by atoms with E-state index in [1.807, 2.05) is 0 Å². The molecule has 0 aromatic heterocycles. The zero-order chi connectivity index (χ0) is 19.4. The molecule has 0 rings (SSSR count). The van der Waals surface area contributed by atoms with Crippen molar-refractivity contribution < 1.29 is 24.3 Å². The Hall–Kier alpha value is -2.38. The zero-order valence-corrected chi connectivity index (χ0v) is 14.9. The van der Waals surface area contributed by atoms with E-state index in [2.05, 4.69) is 17.2 Å². The number of Topliss-reactive ketones (excluding diaryl/α,β-unsaturated/α-hetero) is 1. The maximum atomic E-state index is 12.5. The smallest absolute Gasteiger partial charge is 0.312 e. The number of ketones is 1. The third-order valence-electron chi connectivity index (χ3n) is 3.73. The van der Waals surface area contributed by atoms with Gasteiger partial charge in [0.25, 0.3) is 0 Å². The molecule has 0 saturated carbocycles. The van der Waals surface area contributed by atoms with Gasteiger partial charge in [0.15, 0.2) is 5.78 Å².